The number of benzene rings is 1. The average Bonchev–Trinajstić information content (AvgIpc) is 3.28. The van der Waals surface area contributed by atoms with Crippen LogP contribution in [0.2, 0.25) is 0 Å². The van der Waals surface area contributed by atoms with E-state index >= 15 is 0 Å². The van der Waals surface area contributed by atoms with Gasteiger partial charge in [-0.3, -0.25) is 4.79 Å². The molecule has 0 saturated carbocycles. The molecular weight excluding hydrogens is 463 g/mol. The second-order valence-corrected chi connectivity index (χ2v) is 7.38. The van der Waals surface area contributed by atoms with Gasteiger partial charge >= 0.3 is 18.1 Å². The number of aliphatic hydroxyl groups excluding tert-OH is 1. The van der Waals surface area contributed by atoms with E-state index in [0.29, 0.717) is 11.1 Å². The molecule has 0 spiro atoms. The molecule has 1 aromatic carbocycles. The van der Waals surface area contributed by atoms with E-state index in [-0.39, 0.29) is 31.9 Å². The Kier molecular flexibility index (Phi) is 8.42. The molecule has 1 fully saturated rings. The molecule has 3 atom stereocenters. The van der Waals surface area contributed by atoms with Crippen LogP contribution in [0.3, 0.4) is 0 Å². The summed E-state index contributed by atoms with van der Waals surface area (Å²) < 4.78 is 56.9. The fourth-order valence-corrected chi connectivity index (χ4v) is 3.35. The summed E-state index contributed by atoms with van der Waals surface area (Å²) in [7, 11) is 0. The molecule has 2 aliphatic rings. The fraction of sp³-hybridized carbons (Fsp3) is 0.409. The first-order chi connectivity index (χ1) is 16.2. The summed E-state index contributed by atoms with van der Waals surface area (Å²) in [4.78, 5) is 36.4. The van der Waals surface area contributed by atoms with Crippen LogP contribution in [-0.4, -0.2) is 74.0 Å². The van der Waals surface area contributed by atoms with E-state index < -0.39 is 48.9 Å². The first kappa shape index (κ1) is 25.4. The SMILES string of the molecule is O=C(C=Cc1cccc(C(=O)O[C@@H]2CC(C(=O)NCCO)=C[C@H]3OCO[C@H]32)c1)OCC(F)(F)F. The van der Waals surface area contributed by atoms with E-state index in [1.54, 1.807) is 6.08 Å². The average molecular weight is 485 g/mol. The highest BCUT2D eigenvalue weighted by molar-refractivity contribution is 5.94. The molecule has 0 unspecified atom stereocenters. The van der Waals surface area contributed by atoms with Crippen LogP contribution in [-0.2, 0) is 28.5 Å². The zero-order valence-electron chi connectivity index (χ0n) is 17.7. The molecule has 9 nitrogen and oxygen atoms in total. The predicted octanol–water partition coefficient (Wildman–Crippen LogP) is 1.51. The van der Waals surface area contributed by atoms with Crippen molar-refractivity contribution in [1.29, 1.82) is 0 Å². The fourth-order valence-electron chi connectivity index (χ4n) is 3.35. The van der Waals surface area contributed by atoms with Gasteiger partial charge in [-0.05, 0) is 29.8 Å². The van der Waals surface area contributed by atoms with Crippen LogP contribution in [0.5, 0.6) is 0 Å². The summed E-state index contributed by atoms with van der Waals surface area (Å²) in [6.45, 7) is -1.90. The van der Waals surface area contributed by atoms with Crippen molar-refractivity contribution in [2.75, 3.05) is 26.6 Å². The van der Waals surface area contributed by atoms with Crippen molar-refractivity contribution in [1.82, 2.24) is 5.32 Å². The lowest BCUT2D eigenvalue weighted by atomic mass is 9.91. The Labute approximate surface area is 192 Å². The Balaban J connectivity index is 1.65. The van der Waals surface area contributed by atoms with Gasteiger partial charge in [0.2, 0.25) is 5.91 Å². The molecule has 1 aliphatic carbocycles. The number of esters is 2. The van der Waals surface area contributed by atoms with Crippen molar-refractivity contribution >= 4 is 23.9 Å². The molecule has 1 aromatic rings. The normalized spacial score (nSPS) is 22.1. The lowest BCUT2D eigenvalue weighted by Gasteiger charge is -2.30. The van der Waals surface area contributed by atoms with Gasteiger partial charge in [-0.15, -0.1) is 0 Å². The van der Waals surface area contributed by atoms with E-state index in [1.807, 2.05) is 0 Å². The molecule has 1 saturated heterocycles. The minimum absolute atomic E-state index is 0.0316. The van der Waals surface area contributed by atoms with Gasteiger partial charge in [-0.25, -0.2) is 9.59 Å². The van der Waals surface area contributed by atoms with Gasteiger partial charge < -0.3 is 29.4 Å². The Morgan fingerprint density at radius 3 is 2.76 bits per heavy atom. The minimum atomic E-state index is -4.63. The third kappa shape index (κ3) is 7.14. The summed E-state index contributed by atoms with van der Waals surface area (Å²) in [6.07, 6.45) is -2.97. The molecule has 1 aliphatic heterocycles. The largest absolute Gasteiger partial charge is 0.456 e. The van der Waals surface area contributed by atoms with Crippen LogP contribution in [0.4, 0.5) is 13.2 Å². The van der Waals surface area contributed by atoms with Gasteiger partial charge in [0.05, 0.1) is 12.2 Å². The lowest BCUT2D eigenvalue weighted by Crippen LogP contribution is -2.43. The number of hydrogen-bond acceptors (Lipinski definition) is 8. The molecule has 1 heterocycles. The van der Waals surface area contributed by atoms with E-state index in [0.717, 1.165) is 6.08 Å². The summed E-state index contributed by atoms with van der Waals surface area (Å²) >= 11 is 0. The quantitative estimate of drug-likeness (QED) is 0.420. The minimum Gasteiger partial charge on any atom is -0.456 e. The number of alkyl halides is 3. The van der Waals surface area contributed by atoms with E-state index in [4.69, 9.17) is 19.3 Å². The Morgan fingerprint density at radius 1 is 1.24 bits per heavy atom. The number of ether oxygens (including phenoxy) is 4. The highest BCUT2D eigenvalue weighted by Gasteiger charge is 2.42. The number of fused-ring (bicyclic) bond motifs is 1. The number of amides is 1. The number of aliphatic hydroxyl groups is 1. The first-order valence-corrected chi connectivity index (χ1v) is 10.2. The van der Waals surface area contributed by atoms with Crippen molar-refractivity contribution in [3.05, 3.63) is 53.1 Å². The third-order valence-corrected chi connectivity index (χ3v) is 4.86. The highest BCUT2D eigenvalue weighted by Crippen LogP contribution is 2.30. The van der Waals surface area contributed by atoms with Crippen LogP contribution in [0.25, 0.3) is 6.08 Å². The molecule has 184 valence electrons. The van der Waals surface area contributed by atoms with Crippen LogP contribution >= 0.6 is 0 Å². The summed E-state index contributed by atoms with van der Waals surface area (Å²) in [6, 6.07) is 5.87. The van der Waals surface area contributed by atoms with Gasteiger partial charge in [0, 0.05) is 24.6 Å². The number of carbonyl (C=O) groups excluding carboxylic acids is 3. The standard InChI is InChI=1S/C22H22F3NO8/c23-22(24,25)11-31-18(28)5-4-13-2-1-3-14(8-13)21(30)34-17-10-15(20(29)26-6-7-27)9-16-19(17)33-12-32-16/h1-5,8-9,16-17,19,27H,6-7,10-12H2,(H,26,29)/t16-,17-,19-/m1/s1. The molecule has 3 rings (SSSR count). The first-order valence-electron chi connectivity index (χ1n) is 10.2. The molecule has 0 aromatic heterocycles. The summed E-state index contributed by atoms with van der Waals surface area (Å²) in [5.41, 5.74) is 0.790. The molecular formula is C22H22F3NO8. The Hall–Kier alpha value is -3.22. The van der Waals surface area contributed by atoms with Gasteiger partial charge in [-0.2, -0.15) is 13.2 Å². The Morgan fingerprint density at radius 2 is 2.03 bits per heavy atom. The zero-order valence-corrected chi connectivity index (χ0v) is 17.7. The second-order valence-electron chi connectivity index (χ2n) is 7.38. The van der Waals surface area contributed by atoms with Crippen molar-refractivity contribution in [3.8, 4) is 0 Å². The molecule has 1 amide bonds. The maximum Gasteiger partial charge on any atom is 0.422 e. The second kappa shape index (κ2) is 11.3. The van der Waals surface area contributed by atoms with Crippen LogP contribution in [0.15, 0.2) is 42.0 Å². The van der Waals surface area contributed by atoms with Crippen molar-refractivity contribution in [3.63, 3.8) is 0 Å². The van der Waals surface area contributed by atoms with Gasteiger partial charge in [0.25, 0.3) is 0 Å². The zero-order chi connectivity index (χ0) is 24.7. The molecule has 0 radical (unpaired) electrons. The maximum atomic E-state index is 12.7. The van der Waals surface area contributed by atoms with E-state index in [2.05, 4.69) is 10.1 Å². The third-order valence-electron chi connectivity index (χ3n) is 4.86. The van der Waals surface area contributed by atoms with Gasteiger partial charge in [-0.1, -0.05) is 12.1 Å². The molecule has 2 N–H and O–H groups in total. The van der Waals surface area contributed by atoms with Gasteiger partial charge in [0.15, 0.2) is 6.61 Å². The smallest absolute Gasteiger partial charge is 0.422 e. The summed E-state index contributed by atoms with van der Waals surface area (Å²) in [5, 5.41) is 11.4. The number of rotatable bonds is 8. The van der Waals surface area contributed by atoms with Crippen molar-refractivity contribution in [2.24, 2.45) is 0 Å². The lowest BCUT2D eigenvalue weighted by molar-refractivity contribution is -0.182. The topological polar surface area (TPSA) is 120 Å². The number of nitrogens with one attached hydrogen (secondary N) is 1. The van der Waals surface area contributed by atoms with E-state index in [1.165, 1.54) is 30.3 Å². The van der Waals surface area contributed by atoms with Crippen LogP contribution < -0.4 is 5.32 Å². The van der Waals surface area contributed by atoms with Crippen LogP contribution in [0, 0.1) is 0 Å². The predicted molar refractivity (Wildman–Crippen MR) is 109 cm³/mol. The van der Waals surface area contributed by atoms with Gasteiger partial charge in [0.1, 0.15) is 25.1 Å². The molecule has 0 bridgehead atoms. The Bertz CT molecular complexity index is 975. The molecule has 12 heteroatoms. The van der Waals surface area contributed by atoms with E-state index in [9.17, 15) is 27.6 Å². The highest BCUT2D eigenvalue weighted by atomic mass is 19.4. The van der Waals surface area contributed by atoms with Crippen molar-refractivity contribution < 1.29 is 51.6 Å². The number of carbonyl (C=O) groups is 3. The summed E-state index contributed by atoms with van der Waals surface area (Å²) in [5.74, 6) is -2.34. The number of halogens is 3. The maximum absolute atomic E-state index is 12.7. The number of hydrogen-bond donors (Lipinski definition) is 2. The monoisotopic (exact) mass is 485 g/mol. The molecule has 34 heavy (non-hydrogen) atoms. The van der Waals surface area contributed by atoms with Crippen LogP contribution in [0.1, 0.15) is 22.3 Å². The van der Waals surface area contributed by atoms with Crippen molar-refractivity contribution in [2.45, 2.75) is 30.9 Å².